The van der Waals surface area contributed by atoms with Crippen LogP contribution in [-0.4, -0.2) is 23.8 Å². The molecule has 1 heterocycles. The van der Waals surface area contributed by atoms with Crippen LogP contribution in [0.1, 0.15) is 13.8 Å². The second-order valence-electron chi connectivity index (χ2n) is 4.44. The van der Waals surface area contributed by atoms with Crippen molar-refractivity contribution >= 4 is 28.3 Å². The molecule has 0 radical (unpaired) electrons. The first-order valence-electron chi connectivity index (χ1n) is 6.05. The van der Waals surface area contributed by atoms with Gasteiger partial charge in [-0.2, -0.15) is 0 Å². The number of pyridine rings is 1. The standard InChI is InChI=1S/C14H16N4O2/c1-8(15)18(9(2)16)12-6-10-4-5-14(19)17-11(10)7-13(12)20-3/h4-7,15-16H,1-3H3,(H,17,19). The fourth-order valence-electron chi connectivity index (χ4n) is 2.12. The first-order chi connectivity index (χ1) is 9.43. The molecule has 0 unspecified atom stereocenters. The average molecular weight is 272 g/mol. The second-order valence-corrected chi connectivity index (χ2v) is 4.44. The van der Waals surface area contributed by atoms with Gasteiger partial charge in [-0.05, 0) is 26.0 Å². The van der Waals surface area contributed by atoms with Crippen LogP contribution in [0.5, 0.6) is 5.75 Å². The molecule has 0 bridgehead atoms. The topological polar surface area (TPSA) is 93.0 Å². The molecule has 3 N–H and O–H groups in total. The van der Waals surface area contributed by atoms with Gasteiger partial charge in [0.05, 0.1) is 18.3 Å². The summed E-state index contributed by atoms with van der Waals surface area (Å²) in [4.78, 5) is 15.5. The van der Waals surface area contributed by atoms with Gasteiger partial charge in [0.1, 0.15) is 17.4 Å². The summed E-state index contributed by atoms with van der Waals surface area (Å²) in [5.41, 5.74) is 1.07. The lowest BCUT2D eigenvalue weighted by Gasteiger charge is -2.24. The second kappa shape index (κ2) is 5.16. The molecule has 2 rings (SSSR count). The molecule has 0 aliphatic rings. The van der Waals surface area contributed by atoms with Crippen molar-refractivity contribution in [1.29, 1.82) is 10.8 Å². The van der Waals surface area contributed by atoms with Crippen molar-refractivity contribution in [2.24, 2.45) is 0 Å². The predicted molar refractivity (Wildman–Crippen MR) is 80.4 cm³/mol. The van der Waals surface area contributed by atoms with Crippen molar-refractivity contribution in [3.8, 4) is 5.75 Å². The predicted octanol–water partition coefficient (Wildman–Crippen LogP) is 2.34. The van der Waals surface area contributed by atoms with Crippen molar-refractivity contribution in [3.05, 3.63) is 34.6 Å². The van der Waals surface area contributed by atoms with Crippen LogP contribution in [0.25, 0.3) is 10.9 Å². The van der Waals surface area contributed by atoms with E-state index in [0.29, 0.717) is 17.0 Å². The molecule has 0 fully saturated rings. The van der Waals surface area contributed by atoms with Gasteiger partial charge in [0.2, 0.25) is 5.56 Å². The Hall–Kier alpha value is -2.63. The largest absolute Gasteiger partial charge is 0.494 e. The number of aromatic nitrogens is 1. The molecule has 104 valence electrons. The van der Waals surface area contributed by atoms with Crippen LogP contribution in [0, 0.1) is 10.8 Å². The molecule has 6 nitrogen and oxygen atoms in total. The summed E-state index contributed by atoms with van der Waals surface area (Å²) in [5, 5.41) is 16.4. The van der Waals surface area contributed by atoms with Gasteiger partial charge in [-0.15, -0.1) is 0 Å². The number of aromatic amines is 1. The molecule has 0 amide bonds. The van der Waals surface area contributed by atoms with Gasteiger partial charge in [0.25, 0.3) is 0 Å². The number of methoxy groups -OCH3 is 1. The van der Waals surface area contributed by atoms with Crippen molar-refractivity contribution in [3.63, 3.8) is 0 Å². The lowest BCUT2D eigenvalue weighted by atomic mass is 10.1. The molecular weight excluding hydrogens is 256 g/mol. The maximum atomic E-state index is 11.3. The molecule has 6 heteroatoms. The average Bonchev–Trinajstić information content (AvgIpc) is 2.37. The highest BCUT2D eigenvalue weighted by Crippen LogP contribution is 2.32. The summed E-state index contributed by atoms with van der Waals surface area (Å²) in [6, 6.07) is 6.64. The number of nitrogens with one attached hydrogen (secondary N) is 3. The first kappa shape index (κ1) is 13.8. The number of nitrogens with zero attached hydrogens (tertiary/aromatic N) is 1. The van der Waals surface area contributed by atoms with Gasteiger partial charge in [-0.25, -0.2) is 0 Å². The van der Waals surface area contributed by atoms with Crippen LogP contribution in [0.2, 0.25) is 0 Å². The molecule has 0 aliphatic carbocycles. The van der Waals surface area contributed by atoms with Gasteiger partial charge < -0.3 is 9.72 Å². The summed E-state index contributed by atoms with van der Waals surface area (Å²) >= 11 is 0. The van der Waals surface area contributed by atoms with E-state index >= 15 is 0 Å². The van der Waals surface area contributed by atoms with Crippen molar-refractivity contribution < 1.29 is 4.74 Å². The fraction of sp³-hybridized carbons (Fsp3) is 0.214. The van der Waals surface area contributed by atoms with E-state index in [1.54, 1.807) is 32.0 Å². The summed E-state index contributed by atoms with van der Waals surface area (Å²) in [6.07, 6.45) is 0. The zero-order valence-electron chi connectivity index (χ0n) is 11.6. The number of anilines is 1. The van der Waals surface area contributed by atoms with Gasteiger partial charge in [0, 0.05) is 17.5 Å². The van der Waals surface area contributed by atoms with Crippen LogP contribution in [0.15, 0.2) is 29.1 Å². The van der Waals surface area contributed by atoms with E-state index in [0.717, 1.165) is 5.39 Å². The number of benzene rings is 1. The molecule has 1 aromatic carbocycles. The Kier molecular flexibility index (Phi) is 3.56. The minimum absolute atomic E-state index is 0.185. The zero-order valence-corrected chi connectivity index (χ0v) is 11.6. The van der Waals surface area contributed by atoms with Gasteiger partial charge in [-0.3, -0.25) is 20.5 Å². The monoisotopic (exact) mass is 272 g/mol. The smallest absolute Gasteiger partial charge is 0.248 e. The lowest BCUT2D eigenvalue weighted by molar-refractivity contribution is 0.416. The van der Waals surface area contributed by atoms with E-state index in [4.69, 9.17) is 15.6 Å². The molecule has 0 atom stereocenters. The van der Waals surface area contributed by atoms with Crippen LogP contribution in [0.4, 0.5) is 5.69 Å². The molecule has 0 saturated carbocycles. The van der Waals surface area contributed by atoms with E-state index < -0.39 is 0 Å². The SMILES string of the molecule is COc1cc2[nH]c(=O)ccc2cc1N(C(C)=N)C(C)=N. The molecule has 0 aliphatic heterocycles. The minimum atomic E-state index is -0.185. The Labute approximate surface area is 116 Å². The van der Waals surface area contributed by atoms with Crippen molar-refractivity contribution in [2.75, 3.05) is 12.0 Å². The quantitative estimate of drug-likeness (QED) is 0.578. The van der Waals surface area contributed by atoms with Crippen molar-refractivity contribution in [2.45, 2.75) is 13.8 Å². The van der Waals surface area contributed by atoms with Gasteiger partial charge in [0.15, 0.2) is 0 Å². The van der Waals surface area contributed by atoms with E-state index in [-0.39, 0.29) is 17.2 Å². The lowest BCUT2D eigenvalue weighted by Crippen LogP contribution is -2.32. The zero-order chi connectivity index (χ0) is 14.9. The molecule has 0 saturated heterocycles. The van der Waals surface area contributed by atoms with E-state index in [1.165, 1.54) is 18.1 Å². The number of hydrogen-bond donors (Lipinski definition) is 3. The third-order valence-corrected chi connectivity index (χ3v) is 2.93. The van der Waals surface area contributed by atoms with Crippen LogP contribution in [0.3, 0.4) is 0 Å². The number of rotatable bonds is 2. The van der Waals surface area contributed by atoms with E-state index in [9.17, 15) is 4.79 Å². The molecule has 1 aromatic heterocycles. The summed E-state index contributed by atoms with van der Waals surface area (Å²) in [5.74, 6) is 0.941. The normalized spacial score (nSPS) is 10.3. The van der Waals surface area contributed by atoms with Gasteiger partial charge >= 0.3 is 0 Å². The molecule has 20 heavy (non-hydrogen) atoms. The summed E-state index contributed by atoms with van der Waals surface area (Å²) < 4.78 is 5.32. The Morgan fingerprint density at radius 3 is 2.40 bits per heavy atom. The fourth-order valence-corrected chi connectivity index (χ4v) is 2.12. The molecule has 0 spiro atoms. The van der Waals surface area contributed by atoms with Crippen LogP contribution >= 0.6 is 0 Å². The molecular formula is C14H16N4O2. The highest BCUT2D eigenvalue weighted by molar-refractivity contribution is 6.17. The number of fused-ring (bicyclic) bond motifs is 1. The van der Waals surface area contributed by atoms with Crippen molar-refractivity contribution in [1.82, 2.24) is 4.98 Å². The van der Waals surface area contributed by atoms with Gasteiger partial charge in [-0.1, -0.05) is 0 Å². The van der Waals surface area contributed by atoms with E-state index in [2.05, 4.69) is 4.98 Å². The Morgan fingerprint density at radius 2 is 1.85 bits per heavy atom. The summed E-state index contributed by atoms with van der Waals surface area (Å²) in [7, 11) is 1.52. The van der Waals surface area contributed by atoms with Crippen LogP contribution < -0.4 is 15.2 Å². The highest BCUT2D eigenvalue weighted by Gasteiger charge is 2.17. The Balaban J connectivity index is 2.74. The molecule has 2 aromatic rings. The maximum absolute atomic E-state index is 11.3. The third-order valence-electron chi connectivity index (χ3n) is 2.93. The first-order valence-corrected chi connectivity index (χ1v) is 6.05. The Morgan fingerprint density at radius 1 is 1.20 bits per heavy atom. The number of H-pyrrole nitrogens is 1. The minimum Gasteiger partial charge on any atom is -0.494 e. The highest BCUT2D eigenvalue weighted by atomic mass is 16.5. The third kappa shape index (κ3) is 2.40. The number of hydrogen-bond acceptors (Lipinski definition) is 4. The number of amidine groups is 2. The maximum Gasteiger partial charge on any atom is 0.248 e. The van der Waals surface area contributed by atoms with E-state index in [1.807, 2.05) is 0 Å². The van der Waals surface area contributed by atoms with Crippen LogP contribution in [-0.2, 0) is 0 Å². The Bertz CT molecular complexity index is 734. The summed E-state index contributed by atoms with van der Waals surface area (Å²) in [6.45, 7) is 3.21. The number of ether oxygens (including phenoxy) is 1.